The Labute approximate surface area is 148 Å². The van der Waals surface area contributed by atoms with Crippen LogP contribution in [0.2, 0.25) is 0 Å². The number of aromatic nitrogens is 1. The Hall–Kier alpha value is -3.48. The quantitative estimate of drug-likeness (QED) is 0.651. The fourth-order valence-corrected chi connectivity index (χ4v) is 2.25. The third kappa shape index (κ3) is 3.77. The maximum absolute atomic E-state index is 13.7. The second-order valence-corrected chi connectivity index (χ2v) is 5.31. The van der Waals surface area contributed by atoms with Gasteiger partial charge in [0.25, 0.3) is 0 Å². The number of nitrogens with zero attached hydrogens (tertiary/aromatic N) is 1. The van der Waals surface area contributed by atoms with E-state index in [2.05, 4.69) is 9.89 Å². The van der Waals surface area contributed by atoms with Crippen molar-refractivity contribution in [2.45, 2.75) is 6.61 Å². The van der Waals surface area contributed by atoms with Crippen LogP contribution in [0.25, 0.3) is 11.3 Å². The normalized spacial score (nSPS) is 10.4. The zero-order valence-corrected chi connectivity index (χ0v) is 13.8. The number of methoxy groups -OCH3 is 1. The number of halogens is 1. The highest BCUT2D eigenvalue weighted by Crippen LogP contribution is 2.23. The van der Waals surface area contributed by atoms with Gasteiger partial charge < -0.3 is 14.0 Å². The van der Waals surface area contributed by atoms with Gasteiger partial charge in [0.05, 0.1) is 23.8 Å². The first-order valence-corrected chi connectivity index (χ1v) is 7.64. The molecule has 6 nitrogen and oxygen atoms in total. The molecule has 132 valence electrons. The number of hydrogen-bond donors (Lipinski definition) is 0. The van der Waals surface area contributed by atoms with Crippen LogP contribution in [-0.2, 0) is 16.1 Å². The monoisotopic (exact) mass is 355 g/mol. The lowest BCUT2D eigenvalue weighted by Gasteiger charge is -2.03. The van der Waals surface area contributed by atoms with Gasteiger partial charge in [0.15, 0.2) is 5.76 Å². The van der Waals surface area contributed by atoms with Crippen molar-refractivity contribution in [3.05, 3.63) is 77.2 Å². The molecule has 3 rings (SSSR count). The number of hydrogen-bond acceptors (Lipinski definition) is 6. The van der Waals surface area contributed by atoms with Crippen LogP contribution in [-0.4, -0.2) is 24.2 Å². The van der Waals surface area contributed by atoms with Gasteiger partial charge in [0, 0.05) is 6.07 Å². The fourth-order valence-electron chi connectivity index (χ4n) is 2.25. The van der Waals surface area contributed by atoms with Crippen molar-refractivity contribution in [1.82, 2.24) is 5.16 Å². The number of ether oxygens (including phenoxy) is 2. The van der Waals surface area contributed by atoms with Crippen molar-refractivity contribution >= 4 is 11.9 Å². The highest BCUT2D eigenvalue weighted by atomic mass is 19.1. The average molecular weight is 355 g/mol. The van der Waals surface area contributed by atoms with Gasteiger partial charge in [0.2, 0.25) is 0 Å². The van der Waals surface area contributed by atoms with Crippen LogP contribution in [0.15, 0.2) is 59.1 Å². The molecule has 26 heavy (non-hydrogen) atoms. The van der Waals surface area contributed by atoms with Gasteiger partial charge in [-0.3, -0.25) is 0 Å². The zero-order chi connectivity index (χ0) is 18.5. The standard InChI is InChI=1S/C19H14FNO5/c1-24-18(22)12-6-8-13(9-7-12)19(23)25-11-14-10-17(26-21-14)15-4-2-3-5-16(15)20/h2-10H,11H2,1H3. The Bertz CT molecular complexity index is 933. The fraction of sp³-hybridized carbons (Fsp3) is 0.105. The van der Waals surface area contributed by atoms with E-state index in [0.717, 1.165) is 0 Å². The minimum Gasteiger partial charge on any atom is -0.465 e. The SMILES string of the molecule is COC(=O)c1ccc(C(=O)OCc2cc(-c3ccccc3F)on2)cc1. The van der Waals surface area contributed by atoms with Gasteiger partial charge in [0.1, 0.15) is 18.1 Å². The van der Waals surface area contributed by atoms with E-state index in [0.29, 0.717) is 11.3 Å². The first-order chi connectivity index (χ1) is 12.6. The van der Waals surface area contributed by atoms with Crippen LogP contribution in [0.5, 0.6) is 0 Å². The van der Waals surface area contributed by atoms with Crippen molar-refractivity contribution in [3.63, 3.8) is 0 Å². The molecule has 0 atom stereocenters. The number of carbonyl (C=O) groups is 2. The van der Waals surface area contributed by atoms with E-state index in [1.807, 2.05) is 0 Å². The number of esters is 2. The Morgan fingerprint density at radius 3 is 2.35 bits per heavy atom. The van der Waals surface area contributed by atoms with Crippen LogP contribution in [0.3, 0.4) is 0 Å². The Morgan fingerprint density at radius 2 is 1.69 bits per heavy atom. The van der Waals surface area contributed by atoms with E-state index in [1.165, 1.54) is 43.5 Å². The summed E-state index contributed by atoms with van der Waals surface area (Å²) in [5, 5.41) is 3.77. The molecule has 0 aliphatic heterocycles. The molecule has 0 amide bonds. The maximum atomic E-state index is 13.7. The molecular formula is C19H14FNO5. The molecule has 0 aliphatic carbocycles. The van der Waals surface area contributed by atoms with E-state index < -0.39 is 17.8 Å². The summed E-state index contributed by atoms with van der Waals surface area (Å²) in [6, 6.07) is 13.5. The lowest BCUT2D eigenvalue weighted by molar-refractivity contribution is 0.0463. The summed E-state index contributed by atoms with van der Waals surface area (Å²) in [5.74, 6) is -1.26. The van der Waals surface area contributed by atoms with Gasteiger partial charge >= 0.3 is 11.9 Å². The minimum atomic E-state index is -0.586. The maximum Gasteiger partial charge on any atom is 0.338 e. The zero-order valence-electron chi connectivity index (χ0n) is 13.8. The predicted molar refractivity (Wildman–Crippen MR) is 88.8 cm³/mol. The molecular weight excluding hydrogens is 341 g/mol. The summed E-state index contributed by atoms with van der Waals surface area (Å²) in [6.45, 7) is -0.129. The molecule has 0 spiro atoms. The summed E-state index contributed by atoms with van der Waals surface area (Å²) >= 11 is 0. The van der Waals surface area contributed by atoms with Crippen LogP contribution >= 0.6 is 0 Å². The molecule has 0 fully saturated rings. The van der Waals surface area contributed by atoms with Gasteiger partial charge in [-0.05, 0) is 36.4 Å². The lowest BCUT2D eigenvalue weighted by Crippen LogP contribution is -2.07. The molecule has 0 saturated carbocycles. The molecule has 0 radical (unpaired) electrons. The summed E-state index contributed by atoms with van der Waals surface area (Å²) in [4.78, 5) is 23.4. The molecule has 0 bridgehead atoms. The third-order valence-corrected chi connectivity index (χ3v) is 3.59. The van der Waals surface area contributed by atoms with E-state index in [4.69, 9.17) is 9.26 Å². The van der Waals surface area contributed by atoms with E-state index in [9.17, 15) is 14.0 Å². The predicted octanol–water partition coefficient (Wildman–Crippen LogP) is 3.62. The number of rotatable bonds is 5. The Kier molecular flexibility index (Phi) is 5.07. The number of benzene rings is 2. The molecule has 3 aromatic rings. The Balaban J connectivity index is 1.63. The summed E-state index contributed by atoms with van der Waals surface area (Å²) in [7, 11) is 1.28. The molecule has 7 heteroatoms. The van der Waals surface area contributed by atoms with Crippen molar-refractivity contribution in [3.8, 4) is 11.3 Å². The average Bonchev–Trinajstić information content (AvgIpc) is 3.14. The molecule has 1 heterocycles. The molecule has 2 aromatic carbocycles. The van der Waals surface area contributed by atoms with Crippen molar-refractivity contribution in [2.75, 3.05) is 7.11 Å². The molecule has 0 N–H and O–H groups in total. The lowest BCUT2D eigenvalue weighted by atomic mass is 10.1. The highest BCUT2D eigenvalue weighted by molar-refractivity contribution is 5.93. The van der Waals surface area contributed by atoms with Crippen LogP contribution in [0.4, 0.5) is 4.39 Å². The second kappa shape index (κ2) is 7.60. The molecule has 0 aliphatic rings. The second-order valence-electron chi connectivity index (χ2n) is 5.31. The topological polar surface area (TPSA) is 78.6 Å². The first kappa shape index (κ1) is 17.3. The molecule has 0 saturated heterocycles. The van der Waals surface area contributed by atoms with Gasteiger partial charge in [-0.2, -0.15) is 0 Å². The largest absolute Gasteiger partial charge is 0.465 e. The minimum absolute atomic E-state index is 0.129. The van der Waals surface area contributed by atoms with E-state index in [-0.39, 0.29) is 23.5 Å². The van der Waals surface area contributed by atoms with Crippen LogP contribution in [0.1, 0.15) is 26.4 Å². The van der Waals surface area contributed by atoms with Crippen LogP contribution < -0.4 is 0 Å². The summed E-state index contributed by atoms with van der Waals surface area (Å²) in [5.41, 5.74) is 1.23. The summed E-state index contributed by atoms with van der Waals surface area (Å²) in [6.07, 6.45) is 0. The van der Waals surface area contributed by atoms with E-state index >= 15 is 0 Å². The van der Waals surface area contributed by atoms with Gasteiger partial charge in [-0.15, -0.1) is 0 Å². The van der Waals surface area contributed by atoms with Crippen molar-refractivity contribution in [1.29, 1.82) is 0 Å². The van der Waals surface area contributed by atoms with Crippen molar-refractivity contribution in [2.24, 2.45) is 0 Å². The molecule has 1 aromatic heterocycles. The highest BCUT2D eigenvalue weighted by Gasteiger charge is 2.14. The smallest absolute Gasteiger partial charge is 0.338 e. The van der Waals surface area contributed by atoms with E-state index in [1.54, 1.807) is 18.2 Å². The molecule has 0 unspecified atom stereocenters. The van der Waals surface area contributed by atoms with Crippen LogP contribution in [0, 0.1) is 5.82 Å². The first-order valence-electron chi connectivity index (χ1n) is 7.64. The summed E-state index contributed by atoms with van der Waals surface area (Å²) < 4.78 is 28.6. The Morgan fingerprint density at radius 1 is 1.04 bits per heavy atom. The van der Waals surface area contributed by atoms with Gasteiger partial charge in [-0.1, -0.05) is 17.3 Å². The number of carbonyl (C=O) groups excluding carboxylic acids is 2. The van der Waals surface area contributed by atoms with Gasteiger partial charge in [-0.25, -0.2) is 14.0 Å². The third-order valence-electron chi connectivity index (χ3n) is 3.59. The van der Waals surface area contributed by atoms with Crippen molar-refractivity contribution < 1.29 is 28.0 Å².